The lowest BCUT2D eigenvalue weighted by atomic mass is 10.1. The Labute approximate surface area is 261 Å². The summed E-state index contributed by atoms with van der Waals surface area (Å²) in [6, 6.07) is 0. The normalized spacial score (nSPS) is 12.9. The zero-order valence-corrected chi connectivity index (χ0v) is 28.9. The molecular formula is C35H70BrNO3. The standard InChI is InChI=1S/C35H70NO3.BrH/c1-5-7-9-11-13-15-17-19-21-23-25-27-31-38-34-35(33-36(3,4)29-30-37)39-32-28-26-24-22-20-18-16-14-12-10-8-6-2;/h11-14,35,37H,5-10,15-34H2,1-4H3;1H/q+1;/p-1/b13-11+,14-12+;. The van der Waals surface area contributed by atoms with Gasteiger partial charge in [0.2, 0.25) is 0 Å². The molecule has 0 aliphatic carbocycles. The highest BCUT2D eigenvalue weighted by Gasteiger charge is 2.22. The van der Waals surface area contributed by atoms with Crippen molar-refractivity contribution < 1.29 is 36.0 Å². The fourth-order valence-electron chi connectivity index (χ4n) is 4.89. The number of nitrogens with zero attached hydrogens (tertiary/aromatic N) is 1. The van der Waals surface area contributed by atoms with E-state index in [0.29, 0.717) is 6.61 Å². The second-order valence-electron chi connectivity index (χ2n) is 12.2. The van der Waals surface area contributed by atoms with Gasteiger partial charge in [-0.1, -0.05) is 115 Å². The minimum absolute atomic E-state index is 0. The summed E-state index contributed by atoms with van der Waals surface area (Å²) >= 11 is 0. The molecular weight excluding hydrogens is 562 g/mol. The minimum Gasteiger partial charge on any atom is -1.00 e. The second-order valence-corrected chi connectivity index (χ2v) is 12.2. The average Bonchev–Trinajstić information content (AvgIpc) is 2.91. The van der Waals surface area contributed by atoms with Crippen molar-refractivity contribution in [2.75, 3.05) is 53.6 Å². The number of hydrogen-bond donors (Lipinski definition) is 1. The van der Waals surface area contributed by atoms with Crippen molar-refractivity contribution in [3.63, 3.8) is 0 Å². The van der Waals surface area contributed by atoms with E-state index in [9.17, 15) is 5.11 Å². The molecule has 1 unspecified atom stereocenters. The molecule has 0 aromatic carbocycles. The quantitative estimate of drug-likeness (QED) is 0.0545. The predicted octanol–water partition coefficient (Wildman–Crippen LogP) is 6.42. The number of quaternary nitrogens is 1. The molecule has 1 atom stereocenters. The van der Waals surface area contributed by atoms with Crippen LogP contribution < -0.4 is 17.0 Å². The number of halogens is 1. The Morgan fingerprint density at radius 2 is 1.02 bits per heavy atom. The fourth-order valence-corrected chi connectivity index (χ4v) is 4.89. The second kappa shape index (κ2) is 33.3. The van der Waals surface area contributed by atoms with Crippen molar-refractivity contribution in [1.29, 1.82) is 0 Å². The molecule has 0 rings (SSSR count). The number of unbranched alkanes of at least 4 members (excludes halogenated alkanes) is 16. The monoisotopic (exact) mass is 631 g/mol. The van der Waals surface area contributed by atoms with Crippen LogP contribution in [-0.2, 0) is 9.47 Å². The van der Waals surface area contributed by atoms with Crippen LogP contribution >= 0.6 is 0 Å². The van der Waals surface area contributed by atoms with Crippen molar-refractivity contribution in [3.8, 4) is 0 Å². The molecule has 0 saturated carbocycles. The highest BCUT2D eigenvalue weighted by Crippen LogP contribution is 2.11. The maximum Gasteiger partial charge on any atom is 0.130 e. The SMILES string of the molecule is CCCC/C=C/CCCCCCCCOCC(C[N+](C)(C)CCO)OCCCCCCCC/C=C/CCCC.[Br-]. The molecule has 0 amide bonds. The minimum atomic E-state index is 0. The Morgan fingerprint density at radius 1 is 0.600 bits per heavy atom. The van der Waals surface area contributed by atoms with Gasteiger partial charge in [0.15, 0.2) is 0 Å². The summed E-state index contributed by atoms with van der Waals surface area (Å²) in [6.07, 6.45) is 35.2. The van der Waals surface area contributed by atoms with Gasteiger partial charge in [0, 0.05) is 13.2 Å². The van der Waals surface area contributed by atoms with E-state index in [2.05, 4.69) is 52.2 Å². The Kier molecular flexibility index (Phi) is 34.9. The summed E-state index contributed by atoms with van der Waals surface area (Å²) in [5.41, 5.74) is 0. The summed E-state index contributed by atoms with van der Waals surface area (Å²) in [4.78, 5) is 0. The van der Waals surface area contributed by atoms with Crippen LogP contribution in [0.1, 0.15) is 142 Å². The Balaban J connectivity index is 0. The molecule has 0 aromatic heterocycles. The number of likely N-dealkylation sites (N-methyl/N-ethyl adjacent to an activating group) is 1. The summed E-state index contributed by atoms with van der Waals surface area (Å²) < 4.78 is 13.1. The lowest BCUT2D eigenvalue weighted by molar-refractivity contribution is -0.893. The third kappa shape index (κ3) is 32.3. The molecule has 0 fully saturated rings. The van der Waals surface area contributed by atoms with E-state index in [4.69, 9.17) is 9.47 Å². The first-order valence-corrected chi connectivity index (χ1v) is 17.0. The first kappa shape index (κ1) is 41.9. The zero-order valence-electron chi connectivity index (χ0n) is 27.4. The van der Waals surface area contributed by atoms with E-state index in [1.54, 1.807) is 0 Å². The highest BCUT2D eigenvalue weighted by molar-refractivity contribution is 4.81. The van der Waals surface area contributed by atoms with Gasteiger partial charge >= 0.3 is 0 Å². The Morgan fingerprint density at radius 3 is 1.50 bits per heavy atom. The van der Waals surface area contributed by atoms with Gasteiger partial charge in [0.1, 0.15) is 19.2 Å². The van der Waals surface area contributed by atoms with Gasteiger partial charge in [-0.3, -0.25) is 0 Å². The van der Waals surface area contributed by atoms with Gasteiger partial charge < -0.3 is 36.0 Å². The molecule has 5 heteroatoms. The van der Waals surface area contributed by atoms with E-state index in [1.165, 1.54) is 116 Å². The van der Waals surface area contributed by atoms with Crippen LogP contribution in [0.15, 0.2) is 24.3 Å². The Bertz CT molecular complexity index is 539. The zero-order chi connectivity index (χ0) is 28.7. The molecule has 1 N–H and O–H groups in total. The van der Waals surface area contributed by atoms with Crippen LogP contribution in [0.4, 0.5) is 0 Å². The van der Waals surface area contributed by atoms with Crippen molar-refractivity contribution in [2.24, 2.45) is 0 Å². The van der Waals surface area contributed by atoms with E-state index < -0.39 is 0 Å². The molecule has 0 aliphatic rings. The molecule has 0 aliphatic heterocycles. The third-order valence-electron chi connectivity index (χ3n) is 7.52. The number of aliphatic hydroxyl groups excluding tert-OH is 1. The molecule has 0 aromatic rings. The van der Waals surface area contributed by atoms with Crippen LogP contribution in [0, 0.1) is 0 Å². The lowest BCUT2D eigenvalue weighted by Crippen LogP contribution is -3.00. The number of allylic oxidation sites excluding steroid dienone is 4. The molecule has 0 spiro atoms. The first-order chi connectivity index (χ1) is 19.1. The van der Waals surface area contributed by atoms with Crippen molar-refractivity contribution >= 4 is 0 Å². The van der Waals surface area contributed by atoms with Crippen LogP contribution in [-0.4, -0.2) is 69.3 Å². The van der Waals surface area contributed by atoms with Gasteiger partial charge in [-0.15, -0.1) is 0 Å². The molecule has 0 radical (unpaired) electrons. The number of ether oxygens (including phenoxy) is 2. The maximum absolute atomic E-state index is 9.43. The van der Waals surface area contributed by atoms with Gasteiger partial charge in [0.25, 0.3) is 0 Å². The third-order valence-corrected chi connectivity index (χ3v) is 7.52. The molecule has 40 heavy (non-hydrogen) atoms. The number of hydrogen-bond acceptors (Lipinski definition) is 3. The van der Waals surface area contributed by atoms with Crippen LogP contribution in [0.3, 0.4) is 0 Å². The maximum atomic E-state index is 9.43. The molecule has 0 saturated heterocycles. The average molecular weight is 633 g/mol. The van der Waals surface area contributed by atoms with Crippen LogP contribution in [0.2, 0.25) is 0 Å². The van der Waals surface area contributed by atoms with Crippen molar-refractivity contribution in [1.82, 2.24) is 0 Å². The van der Waals surface area contributed by atoms with Gasteiger partial charge in [0.05, 0.1) is 27.3 Å². The van der Waals surface area contributed by atoms with Crippen LogP contribution in [0.25, 0.3) is 0 Å². The topological polar surface area (TPSA) is 38.7 Å². The first-order valence-electron chi connectivity index (χ1n) is 17.0. The van der Waals surface area contributed by atoms with E-state index >= 15 is 0 Å². The Hall–Kier alpha value is -0.200. The van der Waals surface area contributed by atoms with E-state index in [0.717, 1.165) is 43.6 Å². The summed E-state index contributed by atoms with van der Waals surface area (Å²) in [5, 5.41) is 9.43. The lowest BCUT2D eigenvalue weighted by Gasteiger charge is -2.32. The summed E-state index contributed by atoms with van der Waals surface area (Å²) in [7, 11) is 4.35. The van der Waals surface area contributed by atoms with Gasteiger partial charge in [-0.05, 0) is 51.4 Å². The molecule has 240 valence electrons. The molecule has 0 bridgehead atoms. The number of aliphatic hydroxyl groups is 1. The van der Waals surface area contributed by atoms with Crippen LogP contribution in [0.5, 0.6) is 0 Å². The van der Waals surface area contributed by atoms with E-state index in [-0.39, 0.29) is 29.7 Å². The van der Waals surface area contributed by atoms with Crippen molar-refractivity contribution in [2.45, 2.75) is 148 Å². The molecule has 4 nitrogen and oxygen atoms in total. The number of rotatable bonds is 31. The fraction of sp³-hybridized carbons (Fsp3) is 0.886. The molecule has 0 heterocycles. The van der Waals surface area contributed by atoms with Crippen molar-refractivity contribution in [3.05, 3.63) is 24.3 Å². The predicted molar refractivity (Wildman–Crippen MR) is 171 cm³/mol. The van der Waals surface area contributed by atoms with E-state index in [1.807, 2.05) is 0 Å². The van der Waals surface area contributed by atoms with Gasteiger partial charge in [-0.2, -0.15) is 0 Å². The van der Waals surface area contributed by atoms with Gasteiger partial charge in [-0.25, -0.2) is 0 Å². The summed E-state index contributed by atoms with van der Waals surface area (Å²) in [6.45, 7) is 8.69. The smallest absolute Gasteiger partial charge is 0.130 e. The largest absolute Gasteiger partial charge is 1.00 e. The highest BCUT2D eigenvalue weighted by atomic mass is 79.9. The summed E-state index contributed by atoms with van der Waals surface area (Å²) in [5.74, 6) is 0.